The minimum absolute atomic E-state index is 0.0445. The van der Waals surface area contributed by atoms with E-state index in [9.17, 15) is 12.8 Å². The number of piperidine rings is 1. The standard InChI is InChI=1S/C12H16BrFN2O2S/c13-11-4-3-10(6-12(11)14)19(17,18)16-8-9-2-1-5-15-7-9/h3-4,6,9,15-16H,1-2,5,7-8H2. The number of hydrogen-bond acceptors (Lipinski definition) is 3. The number of rotatable bonds is 4. The average molecular weight is 351 g/mol. The van der Waals surface area contributed by atoms with E-state index in [1.807, 2.05) is 0 Å². The molecule has 0 aliphatic carbocycles. The Morgan fingerprint density at radius 1 is 1.47 bits per heavy atom. The molecule has 2 N–H and O–H groups in total. The smallest absolute Gasteiger partial charge is 0.240 e. The van der Waals surface area contributed by atoms with Gasteiger partial charge in [-0.2, -0.15) is 0 Å². The zero-order valence-corrected chi connectivity index (χ0v) is 12.7. The summed E-state index contributed by atoms with van der Waals surface area (Å²) in [7, 11) is -3.64. The molecule has 106 valence electrons. The van der Waals surface area contributed by atoms with Crippen molar-refractivity contribution < 1.29 is 12.8 Å². The Morgan fingerprint density at radius 3 is 2.89 bits per heavy atom. The largest absolute Gasteiger partial charge is 0.316 e. The summed E-state index contributed by atoms with van der Waals surface area (Å²) in [6.45, 7) is 2.19. The van der Waals surface area contributed by atoms with Crippen molar-refractivity contribution in [1.82, 2.24) is 10.0 Å². The van der Waals surface area contributed by atoms with Gasteiger partial charge in [-0.05, 0) is 66.0 Å². The third kappa shape index (κ3) is 3.98. The zero-order chi connectivity index (χ0) is 13.9. The summed E-state index contributed by atoms with van der Waals surface area (Å²) in [5.41, 5.74) is 0. The van der Waals surface area contributed by atoms with E-state index in [2.05, 4.69) is 26.0 Å². The van der Waals surface area contributed by atoms with Crippen LogP contribution in [0, 0.1) is 11.7 Å². The van der Waals surface area contributed by atoms with Crippen LogP contribution in [-0.4, -0.2) is 28.1 Å². The maximum Gasteiger partial charge on any atom is 0.240 e. The van der Waals surface area contributed by atoms with Gasteiger partial charge in [-0.1, -0.05) is 0 Å². The highest BCUT2D eigenvalue weighted by Crippen LogP contribution is 2.19. The van der Waals surface area contributed by atoms with E-state index < -0.39 is 15.8 Å². The fourth-order valence-electron chi connectivity index (χ4n) is 2.05. The fraction of sp³-hybridized carbons (Fsp3) is 0.500. The van der Waals surface area contributed by atoms with Gasteiger partial charge in [-0.3, -0.25) is 0 Å². The monoisotopic (exact) mass is 350 g/mol. The van der Waals surface area contributed by atoms with Crippen molar-refractivity contribution in [3.8, 4) is 0 Å². The van der Waals surface area contributed by atoms with Gasteiger partial charge >= 0.3 is 0 Å². The van der Waals surface area contributed by atoms with Crippen LogP contribution in [0.2, 0.25) is 0 Å². The highest BCUT2D eigenvalue weighted by molar-refractivity contribution is 9.10. The van der Waals surface area contributed by atoms with Crippen LogP contribution in [0.4, 0.5) is 4.39 Å². The van der Waals surface area contributed by atoms with Gasteiger partial charge in [0.15, 0.2) is 0 Å². The minimum atomic E-state index is -3.64. The molecule has 7 heteroatoms. The van der Waals surface area contributed by atoms with Gasteiger partial charge in [-0.15, -0.1) is 0 Å². The second kappa shape index (κ2) is 6.30. The van der Waals surface area contributed by atoms with Crippen LogP contribution in [-0.2, 0) is 10.0 Å². The molecular formula is C12H16BrFN2O2S. The fourth-order valence-corrected chi connectivity index (χ4v) is 3.43. The molecule has 2 rings (SSSR count). The van der Waals surface area contributed by atoms with E-state index >= 15 is 0 Å². The van der Waals surface area contributed by atoms with Crippen molar-refractivity contribution in [2.24, 2.45) is 5.92 Å². The van der Waals surface area contributed by atoms with Crippen molar-refractivity contribution in [3.63, 3.8) is 0 Å². The molecule has 1 aliphatic heterocycles. The van der Waals surface area contributed by atoms with Gasteiger partial charge in [0.1, 0.15) is 5.82 Å². The van der Waals surface area contributed by atoms with E-state index in [0.717, 1.165) is 32.0 Å². The highest BCUT2D eigenvalue weighted by atomic mass is 79.9. The summed E-state index contributed by atoms with van der Waals surface area (Å²) in [4.78, 5) is -0.0445. The summed E-state index contributed by atoms with van der Waals surface area (Å²) in [6, 6.07) is 3.80. The molecule has 4 nitrogen and oxygen atoms in total. The second-order valence-electron chi connectivity index (χ2n) is 4.64. The van der Waals surface area contributed by atoms with Crippen molar-refractivity contribution >= 4 is 26.0 Å². The van der Waals surface area contributed by atoms with E-state index in [1.165, 1.54) is 12.1 Å². The first-order valence-corrected chi connectivity index (χ1v) is 8.42. The van der Waals surface area contributed by atoms with Crippen molar-refractivity contribution in [3.05, 3.63) is 28.5 Å². The lowest BCUT2D eigenvalue weighted by molar-refractivity contribution is 0.376. The number of benzene rings is 1. The molecule has 0 radical (unpaired) electrons. The second-order valence-corrected chi connectivity index (χ2v) is 7.26. The molecule has 0 bridgehead atoms. The Morgan fingerprint density at radius 2 is 2.26 bits per heavy atom. The molecule has 19 heavy (non-hydrogen) atoms. The normalized spacial score (nSPS) is 20.4. The molecule has 0 amide bonds. The number of hydrogen-bond donors (Lipinski definition) is 2. The summed E-state index contributed by atoms with van der Waals surface area (Å²) in [5, 5.41) is 3.23. The lowest BCUT2D eigenvalue weighted by atomic mass is 10.0. The van der Waals surface area contributed by atoms with Crippen LogP contribution in [0.25, 0.3) is 0 Å². The van der Waals surface area contributed by atoms with Gasteiger partial charge in [0.2, 0.25) is 10.0 Å². The van der Waals surface area contributed by atoms with Crippen molar-refractivity contribution in [1.29, 1.82) is 0 Å². The average Bonchev–Trinajstić information content (AvgIpc) is 2.41. The van der Waals surface area contributed by atoms with Crippen molar-refractivity contribution in [2.75, 3.05) is 19.6 Å². The minimum Gasteiger partial charge on any atom is -0.316 e. The summed E-state index contributed by atoms with van der Waals surface area (Å²) in [5.74, 6) is -0.286. The topological polar surface area (TPSA) is 58.2 Å². The van der Waals surface area contributed by atoms with Gasteiger partial charge < -0.3 is 5.32 Å². The van der Waals surface area contributed by atoms with Gasteiger partial charge in [-0.25, -0.2) is 17.5 Å². The molecule has 1 aromatic rings. The van der Waals surface area contributed by atoms with Crippen LogP contribution < -0.4 is 10.0 Å². The molecule has 1 aromatic carbocycles. The first-order valence-electron chi connectivity index (χ1n) is 6.14. The SMILES string of the molecule is O=S(=O)(NCC1CCCNC1)c1ccc(Br)c(F)c1. The van der Waals surface area contributed by atoms with E-state index in [1.54, 1.807) is 0 Å². The van der Waals surface area contributed by atoms with Gasteiger partial charge in [0, 0.05) is 6.54 Å². The highest BCUT2D eigenvalue weighted by Gasteiger charge is 2.19. The molecule has 1 unspecified atom stereocenters. The van der Waals surface area contributed by atoms with E-state index in [4.69, 9.17) is 0 Å². The molecule has 1 fully saturated rings. The lowest BCUT2D eigenvalue weighted by Gasteiger charge is -2.22. The van der Waals surface area contributed by atoms with E-state index in [0.29, 0.717) is 12.5 Å². The maximum absolute atomic E-state index is 13.4. The Balaban J connectivity index is 2.02. The number of sulfonamides is 1. The van der Waals surface area contributed by atoms with Crippen LogP contribution in [0.3, 0.4) is 0 Å². The molecule has 0 spiro atoms. The first kappa shape index (κ1) is 14.9. The molecule has 0 saturated carbocycles. The Bertz CT molecular complexity index is 545. The van der Waals surface area contributed by atoms with Gasteiger partial charge in [0.25, 0.3) is 0 Å². The van der Waals surface area contributed by atoms with Crippen LogP contribution >= 0.6 is 15.9 Å². The molecule has 1 heterocycles. The molecule has 0 aromatic heterocycles. The van der Waals surface area contributed by atoms with Crippen LogP contribution in [0.1, 0.15) is 12.8 Å². The molecule has 1 aliphatic rings. The maximum atomic E-state index is 13.4. The summed E-state index contributed by atoms with van der Waals surface area (Å²) >= 11 is 3.00. The van der Waals surface area contributed by atoms with Crippen LogP contribution in [0.15, 0.2) is 27.6 Å². The van der Waals surface area contributed by atoms with Gasteiger partial charge in [0.05, 0.1) is 9.37 Å². The first-order chi connectivity index (χ1) is 8.99. The quantitative estimate of drug-likeness (QED) is 0.871. The lowest BCUT2D eigenvalue weighted by Crippen LogP contribution is -2.38. The summed E-state index contributed by atoms with van der Waals surface area (Å²) in [6.07, 6.45) is 2.06. The number of nitrogens with one attached hydrogen (secondary N) is 2. The van der Waals surface area contributed by atoms with Crippen LogP contribution in [0.5, 0.6) is 0 Å². The Hall–Kier alpha value is -0.500. The third-order valence-electron chi connectivity index (χ3n) is 3.16. The third-order valence-corrected chi connectivity index (χ3v) is 5.23. The predicted molar refractivity (Wildman–Crippen MR) is 74.9 cm³/mol. The Labute approximate surface area is 121 Å². The summed E-state index contributed by atoms with van der Waals surface area (Å²) < 4.78 is 40.2. The predicted octanol–water partition coefficient (Wildman–Crippen LogP) is 1.87. The number of halogens is 2. The molecule has 1 atom stereocenters. The molecule has 1 saturated heterocycles. The van der Waals surface area contributed by atoms with E-state index in [-0.39, 0.29) is 9.37 Å². The zero-order valence-electron chi connectivity index (χ0n) is 10.3. The van der Waals surface area contributed by atoms with Crippen molar-refractivity contribution in [2.45, 2.75) is 17.7 Å². The molecular weight excluding hydrogens is 335 g/mol. The Kier molecular flexibility index (Phi) is 4.94.